The van der Waals surface area contributed by atoms with Crippen molar-refractivity contribution in [3.63, 3.8) is 0 Å². The van der Waals surface area contributed by atoms with Crippen LogP contribution in [0, 0.1) is 5.82 Å². The van der Waals surface area contributed by atoms with Crippen molar-refractivity contribution in [2.45, 2.75) is 51.6 Å². The van der Waals surface area contributed by atoms with Crippen LogP contribution in [0.4, 0.5) is 15.0 Å². The van der Waals surface area contributed by atoms with E-state index in [0.717, 1.165) is 18.7 Å². The van der Waals surface area contributed by atoms with E-state index in [9.17, 15) is 18.8 Å². The number of hydrogen-bond donors (Lipinski definition) is 1. The van der Waals surface area contributed by atoms with Crippen molar-refractivity contribution in [1.82, 2.24) is 19.9 Å². The van der Waals surface area contributed by atoms with Crippen LogP contribution in [0.15, 0.2) is 59.1 Å². The molecule has 0 radical (unpaired) electrons. The minimum absolute atomic E-state index is 0.00807. The van der Waals surface area contributed by atoms with E-state index in [4.69, 9.17) is 20.9 Å². The van der Waals surface area contributed by atoms with E-state index in [1.807, 2.05) is 35.2 Å². The molecule has 12 heteroatoms. The molecule has 1 atom stereocenters. The first-order valence-corrected chi connectivity index (χ1v) is 15.2. The molecule has 236 valence electrons. The van der Waals surface area contributed by atoms with E-state index < -0.39 is 18.0 Å². The summed E-state index contributed by atoms with van der Waals surface area (Å²) in [5.74, 6) is -0.140. The van der Waals surface area contributed by atoms with Crippen LogP contribution >= 0.6 is 11.6 Å². The maximum Gasteiger partial charge on any atom is 0.412 e. The van der Waals surface area contributed by atoms with Crippen molar-refractivity contribution in [1.29, 1.82) is 0 Å². The van der Waals surface area contributed by atoms with Crippen LogP contribution in [0.2, 0.25) is 5.02 Å². The highest BCUT2D eigenvalue weighted by atomic mass is 35.5. The van der Waals surface area contributed by atoms with Crippen molar-refractivity contribution < 1.29 is 28.0 Å². The van der Waals surface area contributed by atoms with Gasteiger partial charge in [-0.3, -0.25) is 19.8 Å². The van der Waals surface area contributed by atoms with E-state index in [0.29, 0.717) is 36.9 Å². The Morgan fingerprint density at radius 3 is 2.50 bits per heavy atom. The van der Waals surface area contributed by atoms with E-state index in [-0.39, 0.29) is 48.5 Å². The number of likely N-dealkylation sites (N-methyl/N-ethyl adjacent to an activating group) is 1. The van der Waals surface area contributed by atoms with Gasteiger partial charge in [0.15, 0.2) is 11.6 Å². The van der Waals surface area contributed by atoms with Gasteiger partial charge in [-0.15, -0.1) is 0 Å². The zero-order chi connectivity index (χ0) is 31.6. The Hall–Kier alpha value is -3.96. The molecule has 1 N–H and O–H groups in total. The normalized spacial score (nSPS) is 14.4. The van der Waals surface area contributed by atoms with Gasteiger partial charge in [0.1, 0.15) is 12.4 Å². The lowest BCUT2D eigenvalue weighted by Gasteiger charge is -2.37. The number of benzene rings is 2. The van der Waals surface area contributed by atoms with Crippen molar-refractivity contribution >= 4 is 35.3 Å². The Bertz CT molecular complexity index is 1410. The number of anilines is 1. The summed E-state index contributed by atoms with van der Waals surface area (Å²) in [7, 11) is 1.61. The van der Waals surface area contributed by atoms with Crippen LogP contribution in [0.3, 0.4) is 0 Å². The van der Waals surface area contributed by atoms with Gasteiger partial charge in [0, 0.05) is 63.7 Å². The summed E-state index contributed by atoms with van der Waals surface area (Å²) in [6, 6.07) is 15.2. The zero-order valence-corrected chi connectivity index (χ0v) is 26.1. The van der Waals surface area contributed by atoms with Crippen LogP contribution in [0.25, 0.3) is 11.3 Å². The average molecular weight is 628 g/mol. The summed E-state index contributed by atoms with van der Waals surface area (Å²) >= 11 is 6.07. The summed E-state index contributed by atoms with van der Waals surface area (Å²) in [6.45, 7) is 7.04. The van der Waals surface area contributed by atoms with Gasteiger partial charge in [0.25, 0.3) is 0 Å². The number of aryl methyl sites for hydroxylation is 1. The second kappa shape index (κ2) is 15.7. The standard InChI is InChI=1S/C32H39ClFN5O5/c1-22(2)38-16-18-39(19-17-38)30(41)15-13-25(37(3)29(40)14-12-24-10-7-11-26(34)31(24)33)21-43-32(42)35-28-20-27(44-36-28)23-8-5-4-6-9-23/h4-11,20,22,25H,12-19,21H2,1-3H3,(H,35,36,42)/t25-/m0/s1. The van der Waals surface area contributed by atoms with Gasteiger partial charge < -0.3 is 19.1 Å². The van der Waals surface area contributed by atoms with Crippen LogP contribution < -0.4 is 5.32 Å². The smallest absolute Gasteiger partial charge is 0.412 e. The van der Waals surface area contributed by atoms with Gasteiger partial charge in [-0.05, 0) is 38.3 Å². The second-order valence-electron chi connectivity index (χ2n) is 11.1. The van der Waals surface area contributed by atoms with Crippen LogP contribution in [0.5, 0.6) is 0 Å². The van der Waals surface area contributed by atoms with Gasteiger partial charge in [0.05, 0.1) is 11.1 Å². The maximum absolute atomic E-state index is 13.9. The van der Waals surface area contributed by atoms with Gasteiger partial charge in [-0.25, -0.2) is 9.18 Å². The Labute approximate surface area is 262 Å². The number of piperazine rings is 1. The number of nitrogens with zero attached hydrogens (tertiary/aromatic N) is 4. The van der Waals surface area contributed by atoms with E-state index in [2.05, 4.69) is 29.2 Å². The summed E-state index contributed by atoms with van der Waals surface area (Å²) in [4.78, 5) is 44.6. The van der Waals surface area contributed by atoms with E-state index >= 15 is 0 Å². The Morgan fingerprint density at radius 1 is 1.07 bits per heavy atom. The number of rotatable bonds is 12. The molecule has 1 fully saturated rings. The quantitative estimate of drug-likeness (QED) is 0.283. The highest BCUT2D eigenvalue weighted by molar-refractivity contribution is 6.31. The first kappa shape index (κ1) is 32.9. The Morgan fingerprint density at radius 2 is 1.80 bits per heavy atom. The molecule has 0 unspecified atom stereocenters. The molecule has 1 aliphatic heterocycles. The number of amides is 3. The van der Waals surface area contributed by atoms with Gasteiger partial charge in [-0.1, -0.05) is 59.2 Å². The fourth-order valence-corrected chi connectivity index (χ4v) is 5.29. The van der Waals surface area contributed by atoms with Crippen LogP contribution in [-0.4, -0.2) is 89.7 Å². The monoisotopic (exact) mass is 627 g/mol. The summed E-state index contributed by atoms with van der Waals surface area (Å²) in [5, 5.41) is 6.41. The van der Waals surface area contributed by atoms with Crippen molar-refractivity contribution in [3.05, 3.63) is 71.0 Å². The lowest BCUT2D eigenvalue weighted by Crippen LogP contribution is -2.51. The topological polar surface area (TPSA) is 108 Å². The molecule has 2 heterocycles. The molecule has 1 saturated heterocycles. The molecule has 3 aromatic rings. The predicted octanol–water partition coefficient (Wildman–Crippen LogP) is 5.48. The largest absolute Gasteiger partial charge is 0.447 e. The molecule has 0 spiro atoms. The number of carbonyl (C=O) groups excluding carboxylic acids is 3. The zero-order valence-electron chi connectivity index (χ0n) is 25.3. The molecule has 10 nitrogen and oxygen atoms in total. The Balaban J connectivity index is 1.35. The third-order valence-corrected chi connectivity index (χ3v) is 8.30. The molecule has 1 aliphatic rings. The molecule has 44 heavy (non-hydrogen) atoms. The molecule has 1 aromatic heterocycles. The molecule has 0 bridgehead atoms. The maximum atomic E-state index is 13.9. The molecular weight excluding hydrogens is 589 g/mol. The first-order chi connectivity index (χ1) is 21.1. The van der Waals surface area contributed by atoms with E-state index in [1.165, 1.54) is 11.0 Å². The number of aromatic nitrogens is 1. The number of nitrogens with one attached hydrogen (secondary N) is 1. The van der Waals surface area contributed by atoms with Crippen molar-refractivity contribution in [3.8, 4) is 11.3 Å². The lowest BCUT2D eigenvalue weighted by atomic mass is 10.1. The molecule has 3 amide bonds. The first-order valence-electron chi connectivity index (χ1n) is 14.8. The summed E-state index contributed by atoms with van der Waals surface area (Å²) in [5.41, 5.74) is 1.33. The predicted molar refractivity (Wildman–Crippen MR) is 166 cm³/mol. The highest BCUT2D eigenvalue weighted by Gasteiger charge is 2.26. The van der Waals surface area contributed by atoms with Crippen molar-refractivity contribution in [2.24, 2.45) is 0 Å². The van der Waals surface area contributed by atoms with Gasteiger partial charge in [0.2, 0.25) is 11.8 Å². The second-order valence-corrected chi connectivity index (χ2v) is 11.5. The molecule has 0 saturated carbocycles. The lowest BCUT2D eigenvalue weighted by molar-refractivity contribution is -0.136. The number of hydrogen-bond acceptors (Lipinski definition) is 7. The van der Waals surface area contributed by atoms with Gasteiger partial charge in [-0.2, -0.15) is 0 Å². The number of ether oxygens (including phenoxy) is 1. The minimum Gasteiger partial charge on any atom is -0.447 e. The highest BCUT2D eigenvalue weighted by Crippen LogP contribution is 2.23. The Kier molecular flexibility index (Phi) is 11.7. The third-order valence-electron chi connectivity index (χ3n) is 7.87. The van der Waals surface area contributed by atoms with Crippen LogP contribution in [0.1, 0.15) is 38.7 Å². The van der Waals surface area contributed by atoms with Crippen LogP contribution in [-0.2, 0) is 20.7 Å². The minimum atomic E-state index is -0.772. The molecular formula is C32H39ClFN5O5. The van der Waals surface area contributed by atoms with Crippen molar-refractivity contribution in [2.75, 3.05) is 45.2 Å². The summed E-state index contributed by atoms with van der Waals surface area (Å²) in [6.07, 6.45) is 0.0134. The fourth-order valence-electron chi connectivity index (χ4n) is 5.07. The molecule has 2 aromatic carbocycles. The van der Waals surface area contributed by atoms with E-state index in [1.54, 1.807) is 25.2 Å². The number of halogens is 2. The SMILES string of the molecule is CC(C)N1CCN(C(=O)CC[C@@H](COC(=O)Nc2cc(-c3ccccc3)on2)N(C)C(=O)CCc2cccc(F)c2Cl)CC1. The van der Waals surface area contributed by atoms with Gasteiger partial charge >= 0.3 is 6.09 Å². The molecule has 4 rings (SSSR count). The third kappa shape index (κ3) is 9.03. The molecule has 0 aliphatic carbocycles. The summed E-state index contributed by atoms with van der Waals surface area (Å²) < 4.78 is 24.7. The fraction of sp³-hybridized carbons (Fsp3) is 0.438. The number of carbonyl (C=O) groups is 3. The average Bonchev–Trinajstić information content (AvgIpc) is 3.50.